The summed E-state index contributed by atoms with van der Waals surface area (Å²) in [6, 6.07) is 0. The Balaban J connectivity index is 1.62. The van der Waals surface area contributed by atoms with Crippen LogP contribution in [0.2, 0.25) is 0 Å². The minimum absolute atomic E-state index is 0.0233. The molecule has 2 aromatic heterocycles. The van der Waals surface area contributed by atoms with Crippen molar-refractivity contribution < 1.29 is 9.53 Å². The molecule has 2 aromatic rings. The Morgan fingerprint density at radius 2 is 2.08 bits per heavy atom. The standard InChI is InChI=1S/C17H21N3O3S/c1-10-6-19(7-11(2)23-10)14(21)8-20-9-18-16-15(17(20)22)12-4-3-5-13(12)24-16/h9-11H,3-8H2,1-2H3/t10-,11-/m1/s1. The zero-order chi connectivity index (χ0) is 16.8. The molecule has 0 N–H and O–H groups in total. The molecule has 7 heteroatoms. The van der Waals surface area contributed by atoms with Gasteiger partial charge in [0, 0.05) is 18.0 Å². The number of hydrogen-bond acceptors (Lipinski definition) is 5. The highest BCUT2D eigenvalue weighted by Gasteiger charge is 2.27. The fourth-order valence-electron chi connectivity index (χ4n) is 3.76. The van der Waals surface area contributed by atoms with Gasteiger partial charge in [-0.1, -0.05) is 0 Å². The summed E-state index contributed by atoms with van der Waals surface area (Å²) in [4.78, 5) is 33.7. The molecule has 0 bridgehead atoms. The number of morpholine rings is 1. The van der Waals surface area contributed by atoms with Gasteiger partial charge in [-0.15, -0.1) is 11.3 Å². The number of hydrogen-bond donors (Lipinski definition) is 0. The summed E-state index contributed by atoms with van der Waals surface area (Å²) in [6.07, 6.45) is 4.65. The predicted octanol–water partition coefficient (Wildman–Crippen LogP) is 1.58. The first-order valence-electron chi connectivity index (χ1n) is 8.46. The maximum absolute atomic E-state index is 12.8. The van der Waals surface area contributed by atoms with E-state index in [1.54, 1.807) is 16.2 Å². The van der Waals surface area contributed by atoms with Crippen molar-refractivity contribution in [3.63, 3.8) is 0 Å². The van der Waals surface area contributed by atoms with Crippen LogP contribution in [0.5, 0.6) is 0 Å². The van der Waals surface area contributed by atoms with E-state index in [-0.39, 0.29) is 30.2 Å². The number of carbonyl (C=O) groups excluding carboxylic acids is 1. The maximum atomic E-state index is 12.8. The smallest absolute Gasteiger partial charge is 0.262 e. The molecule has 2 aliphatic rings. The van der Waals surface area contributed by atoms with Crippen molar-refractivity contribution in [3.8, 4) is 0 Å². The predicted molar refractivity (Wildman–Crippen MR) is 92.5 cm³/mol. The van der Waals surface area contributed by atoms with Crippen LogP contribution in [-0.2, 0) is 28.9 Å². The van der Waals surface area contributed by atoms with Crippen LogP contribution >= 0.6 is 11.3 Å². The van der Waals surface area contributed by atoms with Gasteiger partial charge in [0.15, 0.2) is 0 Å². The van der Waals surface area contributed by atoms with Crippen LogP contribution in [0.15, 0.2) is 11.1 Å². The highest BCUT2D eigenvalue weighted by molar-refractivity contribution is 7.18. The van der Waals surface area contributed by atoms with Gasteiger partial charge in [0.2, 0.25) is 5.91 Å². The summed E-state index contributed by atoms with van der Waals surface area (Å²) in [5, 5.41) is 0.728. The van der Waals surface area contributed by atoms with E-state index in [1.165, 1.54) is 15.8 Å². The summed E-state index contributed by atoms with van der Waals surface area (Å²) in [5.74, 6) is -0.0490. The van der Waals surface area contributed by atoms with Crippen LogP contribution in [0, 0.1) is 0 Å². The molecule has 0 radical (unpaired) electrons. The topological polar surface area (TPSA) is 64.4 Å². The van der Waals surface area contributed by atoms with E-state index in [4.69, 9.17) is 4.74 Å². The molecule has 4 rings (SSSR count). The third-order valence-corrected chi connectivity index (χ3v) is 5.97. The van der Waals surface area contributed by atoms with Gasteiger partial charge < -0.3 is 9.64 Å². The van der Waals surface area contributed by atoms with E-state index in [0.29, 0.717) is 13.1 Å². The number of fused-ring (bicyclic) bond motifs is 3. The largest absolute Gasteiger partial charge is 0.372 e. The minimum atomic E-state index is -0.0814. The van der Waals surface area contributed by atoms with Crippen LogP contribution in [0.4, 0.5) is 0 Å². The fourth-order valence-corrected chi connectivity index (χ4v) is 4.98. The van der Waals surface area contributed by atoms with Crippen LogP contribution in [0.3, 0.4) is 0 Å². The van der Waals surface area contributed by atoms with E-state index in [9.17, 15) is 9.59 Å². The number of rotatable bonds is 2. The van der Waals surface area contributed by atoms with Crippen LogP contribution < -0.4 is 5.56 Å². The lowest BCUT2D eigenvalue weighted by Gasteiger charge is -2.35. The first-order valence-corrected chi connectivity index (χ1v) is 9.27. The molecule has 0 aromatic carbocycles. The molecule has 1 aliphatic heterocycles. The Bertz CT molecular complexity index is 847. The van der Waals surface area contributed by atoms with Crippen molar-refractivity contribution in [2.24, 2.45) is 0 Å². The quantitative estimate of drug-likeness (QED) is 0.827. The van der Waals surface area contributed by atoms with E-state index < -0.39 is 0 Å². The van der Waals surface area contributed by atoms with Gasteiger partial charge in [0.05, 0.1) is 23.9 Å². The average molecular weight is 347 g/mol. The van der Waals surface area contributed by atoms with Crippen molar-refractivity contribution in [2.75, 3.05) is 13.1 Å². The van der Waals surface area contributed by atoms with E-state index in [0.717, 1.165) is 35.0 Å². The number of thiophene rings is 1. The van der Waals surface area contributed by atoms with Crippen molar-refractivity contribution in [1.82, 2.24) is 14.5 Å². The number of amides is 1. The van der Waals surface area contributed by atoms with E-state index in [1.807, 2.05) is 13.8 Å². The molecular weight excluding hydrogens is 326 g/mol. The first kappa shape index (κ1) is 15.8. The molecule has 1 fully saturated rings. The highest BCUT2D eigenvalue weighted by Crippen LogP contribution is 2.34. The van der Waals surface area contributed by atoms with E-state index in [2.05, 4.69) is 4.98 Å². The normalized spacial score (nSPS) is 23.7. The molecule has 0 unspecified atom stereocenters. The summed E-state index contributed by atoms with van der Waals surface area (Å²) in [6.45, 7) is 5.11. The van der Waals surface area contributed by atoms with Gasteiger partial charge in [-0.2, -0.15) is 0 Å². The third-order valence-electron chi connectivity index (χ3n) is 4.77. The first-order chi connectivity index (χ1) is 11.5. The van der Waals surface area contributed by atoms with Gasteiger partial charge in [-0.3, -0.25) is 14.2 Å². The monoisotopic (exact) mass is 347 g/mol. The molecular formula is C17H21N3O3S. The Morgan fingerprint density at radius 3 is 2.83 bits per heavy atom. The summed E-state index contributed by atoms with van der Waals surface area (Å²) in [7, 11) is 0. The van der Waals surface area contributed by atoms with Gasteiger partial charge in [0.25, 0.3) is 5.56 Å². The summed E-state index contributed by atoms with van der Waals surface area (Å²) in [5.41, 5.74) is 1.07. The highest BCUT2D eigenvalue weighted by atomic mass is 32.1. The molecule has 2 atom stereocenters. The zero-order valence-electron chi connectivity index (χ0n) is 13.9. The van der Waals surface area contributed by atoms with Gasteiger partial charge >= 0.3 is 0 Å². The molecule has 1 saturated heterocycles. The SMILES string of the molecule is C[C@@H]1CN(C(=O)Cn2cnc3sc4c(c3c2=O)CCC4)C[C@@H](C)O1. The Kier molecular flexibility index (Phi) is 3.92. The minimum Gasteiger partial charge on any atom is -0.372 e. The maximum Gasteiger partial charge on any atom is 0.262 e. The number of nitrogens with zero attached hydrogens (tertiary/aromatic N) is 3. The lowest BCUT2D eigenvalue weighted by Crippen LogP contribution is -2.49. The molecule has 24 heavy (non-hydrogen) atoms. The van der Waals surface area contributed by atoms with Gasteiger partial charge in [-0.05, 0) is 38.7 Å². The summed E-state index contributed by atoms with van der Waals surface area (Å²) < 4.78 is 7.12. The Morgan fingerprint density at radius 1 is 1.33 bits per heavy atom. The van der Waals surface area contributed by atoms with Gasteiger partial charge in [0.1, 0.15) is 11.4 Å². The molecule has 0 spiro atoms. The number of ether oxygens (including phenoxy) is 1. The van der Waals surface area contributed by atoms with Gasteiger partial charge in [-0.25, -0.2) is 4.98 Å². The third kappa shape index (κ3) is 2.65. The lowest BCUT2D eigenvalue weighted by atomic mass is 10.2. The number of aromatic nitrogens is 2. The molecule has 3 heterocycles. The lowest BCUT2D eigenvalue weighted by molar-refractivity contribution is -0.143. The van der Waals surface area contributed by atoms with E-state index >= 15 is 0 Å². The zero-order valence-corrected chi connectivity index (χ0v) is 14.8. The molecule has 1 aliphatic carbocycles. The average Bonchev–Trinajstić information content (AvgIpc) is 3.09. The van der Waals surface area contributed by atoms with Crippen LogP contribution in [0.1, 0.15) is 30.7 Å². The summed E-state index contributed by atoms with van der Waals surface area (Å²) >= 11 is 1.62. The molecule has 6 nitrogen and oxygen atoms in total. The fraction of sp³-hybridized carbons (Fsp3) is 0.588. The molecule has 1 amide bonds. The van der Waals surface area contributed by atoms with Crippen molar-refractivity contribution in [3.05, 3.63) is 27.1 Å². The second-order valence-electron chi connectivity index (χ2n) is 6.77. The van der Waals surface area contributed by atoms with Crippen molar-refractivity contribution in [1.29, 1.82) is 0 Å². The second kappa shape index (κ2) is 5.97. The molecule has 0 saturated carbocycles. The number of carbonyl (C=O) groups is 1. The van der Waals surface area contributed by atoms with Crippen LogP contribution in [0.25, 0.3) is 10.2 Å². The van der Waals surface area contributed by atoms with Crippen molar-refractivity contribution in [2.45, 2.75) is 51.9 Å². The molecule has 128 valence electrons. The second-order valence-corrected chi connectivity index (χ2v) is 7.85. The number of aryl methyl sites for hydroxylation is 2. The Labute approximate surface area is 144 Å². The van der Waals surface area contributed by atoms with Crippen LogP contribution in [-0.4, -0.2) is 45.7 Å². The Hall–Kier alpha value is -1.73. The van der Waals surface area contributed by atoms with Crippen molar-refractivity contribution >= 4 is 27.5 Å².